The normalized spacial score (nSPS) is 16.9. The van der Waals surface area contributed by atoms with Gasteiger partial charge < -0.3 is 10.1 Å². The molecule has 1 aromatic carbocycles. The Bertz CT molecular complexity index is 759. The maximum Gasteiger partial charge on any atom is 0.237 e. The largest absolute Gasteiger partial charge is 0.496 e. The summed E-state index contributed by atoms with van der Waals surface area (Å²) < 4.78 is 6.18. The maximum atomic E-state index is 12.6. The molecule has 5 nitrogen and oxygen atoms in total. The van der Waals surface area contributed by atoms with E-state index < -0.39 is 0 Å². The van der Waals surface area contributed by atoms with Crippen molar-refractivity contribution in [2.24, 2.45) is 0 Å². The van der Waals surface area contributed by atoms with Crippen molar-refractivity contribution in [3.63, 3.8) is 0 Å². The second-order valence-corrected chi connectivity index (χ2v) is 8.52. The summed E-state index contributed by atoms with van der Waals surface area (Å²) in [7, 11) is 1.65. The molecular weight excluding hydrogens is 382 g/mol. The van der Waals surface area contributed by atoms with Crippen molar-refractivity contribution in [2.75, 3.05) is 33.3 Å². The number of thiophene rings is 1. The van der Waals surface area contributed by atoms with E-state index in [9.17, 15) is 4.79 Å². The fourth-order valence-electron chi connectivity index (χ4n) is 3.31. The van der Waals surface area contributed by atoms with Gasteiger partial charge in [-0.25, -0.2) is 0 Å². The molecule has 0 radical (unpaired) electrons. The third-order valence-corrected chi connectivity index (χ3v) is 6.20. The van der Waals surface area contributed by atoms with Crippen molar-refractivity contribution < 1.29 is 9.53 Å². The molecule has 146 valence electrons. The maximum absolute atomic E-state index is 12.6. The smallest absolute Gasteiger partial charge is 0.237 e. The minimum absolute atomic E-state index is 0.0550. The number of methoxy groups -OCH3 is 1. The zero-order valence-electron chi connectivity index (χ0n) is 15.8. The number of hydrogen-bond donors (Lipinski definition) is 1. The Hall–Kier alpha value is -1.60. The molecule has 27 heavy (non-hydrogen) atoms. The minimum atomic E-state index is -0.141. The third-order valence-electron chi connectivity index (χ3n) is 4.99. The zero-order chi connectivity index (χ0) is 19.2. The Morgan fingerprint density at radius 2 is 1.96 bits per heavy atom. The predicted octanol–water partition coefficient (Wildman–Crippen LogP) is 3.23. The van der Waals surface area contributed by atoms with E-state index in [0.717, 1.165) is 48.4 Å². The fraction of sp³-hybridized carbons (Fsp3) is 0.450. The number of ether oxygens (including phenoxy) is 1. The molecule has 1 amide bonds. The van der Waals surface area contributed by atoms with Gasteiger partial charge in [0.05, 0.1) is 17.5 Å². The molecule has 0 saturated carbocycles. The van der Waals surface area contributed by atoms with Gasteiger partial charge in [0, 0.05) is 49.7 Å². The number of carbonyl (C=O) groups is 1. The topological polar surface area (TPSA) is 44.8 Å². The van der Waals surface area contributed by atoms with Gasteiger partial charge in [-0.1, -0.05) is 29.8 Å². The number of piperazine rings is 1. The zero-order valence-corrected chi connectivity index (χ0v) is 17.4. The molecule has 1 fully saturated rings. The second-order valence-electron chi connectivity index (χ2n) is 6.72. The molecule has 0 spiro atoms. The number of nitrogens with zero attached hydrogens (tertiary/aromatic N) is 2. The average Bonchev–Trinajstić information content (AvgIpc) is 3.11. The van der Waals surface area contributed by atoms with Crippen LogP contribution in [0, 0.1) is 0 Å². The van der Waals surface area contributed by atoms with Crippen LogP contribution in [-0.4, -0.2) is 55.0 Å². The van der Waals surface area contributed by atoms with Gasteiger partial charge in [-0.3, -0.25) is 14.6 Å². The molecule has 2 heterocycles. The van der Waals surface area contributed by atoms with Crippen molar-refractivity contribution >= 4 is 28.8 Å². The highest BCUT2D eigenvalue weighted by Gasteiger charge is 2.25. The lowest BCUT2D eigenvalue weighted by atomic mass is 10.1. The van der Waals surface area contributed by atoms with Crippen LogP contribution in [0.15, 0.2) is 36.4 Å². The lowest BCUT2D eigenvalue weighted by Crippen LogP contribution is -2.53. The molecule has 0 bridgehead atoms. The predicted molar refractivity (Wildman–Crippen MR) is 110 cm³/mol. The Kier molecular flexibility index (Phi) is 7.13. The lowest BCUT2D eigenvalue weighted by molar-refractivity contribution is -0.126. The summed E-state index contributed by atoms with van der Waals surface area (Å²) in [5.74, 6) is 0.854. The van der Waals surface area contributed by atoms with E-state index in [-0.39, 0.29) is 11.9 Å². The standard InChI is InChI=1S/C20H26ClN3O2S/c1-15(20(25)22-13-16-5-3-4-6-18(16)26-2)24-11-9-23(10-12-24)14-17-7-8-19(21)27-17/h3-8,15H,9-14H2,1-2H3,(H,22,25). The molecule has 3 rings (SSSR count). The number of carbonyl (C=O) groups excluding carboxylic acids is 1. The van der Waals surface area contributed by atoms with Gasteiger partial charge in [-0.2, -0.15) is 0 Å². The number of amides is 1. The quantitative estimate of drug-likeness (QED) is 0.765. The first kappa shape index (κ1) is 20.1. The molecule has 1 unspecified atom stereocenters. The Morgan fingerprint density at radius 3 is 2.63 bits per heavy atom. The number of para-hydroxylation sites is 1. The number of hydrogen-bond acceptors (Lipinski definition) is 5. The van der Waals surface area contributed by atoms with Crippen LogP contribution in [0.2, 0.25) is 4.34 Å². The summed E-state index contributed by atoms with van der Waals surface area (Å²) in [6, 6.07) is 11.7. The molecule has 1 atom stereocenters. The summed E-state index contributed by atoms with van der Waals surface area (Å²) in [6.45, 7) is 7.09. The van der Waals surface area contributed by atoms with Crippen LogP contribution in [0.1, 0.15) is 17.4 Å². The van der Waals surface area contributed by atoms with Crippen LogP contribution in [0.25, 0.3) is 0 Å². The summed E-state index contributed by atoms with van der Waals surface area (Å²) >= 11 is 7.65. The molecule has 1 saturated heterocycles. The minimum Gasteiger partial charge on any atom is -0.496 e. The van der Waals surface area contributed by atoms with Gasteiger partial charge in [0.15, 0.2) is 0 Å². The van der Waals surface area contributed by atoms with Crippen LogP contribution in [0.5, 0.6) is 5.75 Å². The van der Waals surface area contributed by atoms with E-state index in [4.69, 9.17) is 16.3 Å². The highest BCUT2D eigenvalue weighted by atomic mass is 35.5. The first-order valence-corrected chi connectivity index (χ1v) is 10.4. The summed E-state index contributed by atoms with van der Waals surface area (Å²) in [5, 5.41) is 3.04. The fourth-order valence-corrected chi connectivity index (χ4v) is 4.44. The first-order chi connectivity index (χ1) is 13.1. The monoisotopic (exact) mass is 407 g/mol. The number of halogens is 1. The Labute approximate surface area is 169 Å². The van der Waals surface area contributed by atoms with Gasteiger partial charge in [-0.15, -0.1) is 11.3 Å². The molecule has 0 aliphatic carbocycles. The van der Waals surface area contributed by atoms with Crippen molar-refractivity contribution in [1.82, 2.24) is 15.1 Å². The first-order valence-electron chi connectivity index (χ1n) is 9.17. The van der Waals surface area contributed by atoms with Gasteiger partial charge in [-0.05, 0) is 25.1 Å². The SMILES string of the molecule is COc1ccccc1CNC(=O)C(C)N1CCN(Cc2ccc(Cl)s2)CC1. The Morgan fingerprint density at radius 1 is 1.22 bits per heavy atom. The van der Waals surface area contributed by atoms with Gasteiger partial charge in [0.2, 0.25) is 5.91 Å². The highest BCUT2D eigenvalue weighted by molar-refractivity contribution is 7.16. The van der Waals surface area contributed by atoms with E-state index in [1.807, 2.05) is 37.3 Å². The van der Waals surface area contributed by atoms with Crippen LogP contribution >= 0.6 is 22.9 Å². The molecule has 1 aliphatic rings. The second kappa shape index (κ2) is 9.55. The van der Waals surface area contributed by atoms with Crippen molar-refractivity contribution in [1.29, 1.82) is 0 Å². The molecule has 2 aromatic rings. The summed E-state index contributed by atoms with van der Waals surface area (Å²) in [5.41, 5.74) is 0.986. The summed E-state index contributed by atoms with van der Waals surface area (Å²) in [4.78, 5) is 18.5. The van der Waals surface area contributed by atoms with Crippen LogP contribution < -0.4 is 10.1 Å². The van der Waals surface area contributed by atoms with E-state index in [1.54, 1.807) is 18.4 Å². The van der Waals surface area contributed by atoms with E-state index >= 15 is 0 Å². The van der Waals surface area contributed by atoms with Crippen LogP contribution in [0.3, 0.4) is 0 Å². The van der Waals surface area contributed by atoms with Crippen molar-refractivity contribution in [2.45, 2.75) is 26.1 Å². The third kappa shape index (κ3) is 5.45. The average molecular weight is 408 g/mol. The van der Waals surface area contributed by atoms with E-state index in [0.29, 0.717) is 6.54 Å². The molecule has 1 aliphatic heterocycles. The van der Waals surface area contributed by atoms with Crippen LogP contribution in [-0.2, 0) is 17.9 Å². The molecule has 1 aromatic heterocycles. The molecule has 1 N–H and O–H groups in total. The number of rotatable bonds is 7. The molecular formula is C20H26ClN3O2S. The van der Waals surface area contributed by atoms with Crippen molar-refractivity contribution in [3.8, 4) is 5.75 Å². The molecule has 7 heteroatoms. The van der Waals surface area contributed by atoms with Gasteiger partial charge in [0.25, 0.3) is 0 Å². The summed E-state index contributed by atoms with van der Waals surface area (Å²) in [6.07, 6.45) is 0. The number of nitrogens with one attached hydrogen (secondary N) is 1. The van der Waals surface area contributed by atoms with E-state index in [2.05, 4.69) is 21.2 Å². The van der Waals surface area contributed by atoms with E-state index in [1.165, 1.54) is 4.88 Å². The lowest BCUT2D eigenvalue weighted by Gasteiger charge is -2.37. The van der Waals surface area contributed by atoms with Crippen molar-refractivity contribution in [3.05, 3.63) is 51.2 Å². The Balaban J connectivity index is 1.45. The highest BCUT2D eigenvalue weighted by Crippen LogP contribution is 2.23. The van der Waals surface area contributed by atoms with Gasteiger partial charge in [0.1, 0.15) is 5.75 Å². The van der Waals surface area contributed by atoms with Crippen LogP contribution in [0.4, 0.5) is 0 Å². The number of benzene rings is 1. The van der Waals surface area contributed by atoms with Gasteiger partial charge >= 0.3 is 0 Å².